The fourth-order valence-electron chi connectivity index (χ4n) is 3.59. The highest BCUT2D eigenvalue weighted by molar-refractivity contribution is 5.46. The smallest absolute Gasteiger partial charge is 0.0853 e. The number of hydrogen-bond donors (Lipinski definition) is 1. The zero-order valence-corrected chi connectivity index (χ0v) is 12.1. The van der Waals surface area contributed by atoms with Gasteiger partial charge in [0.05, 0.1) is 23.1 Å². The Kier molecular flexibility index (Phi) is 3.52. The van der Waals surface area contributed by atoms with Gasteiger partial charge in [-0.25, -0.2) is 0 Å². The molecule has 1 aromatic rings. The van der Waals surface area contributed by atoms with Crippen LogP contribution in [-0.2, 0) is 18.2 Å². The van der Waals surface area contributed by atoms with E-state index in [-0.39, 0.29) is 5.60 Å². The molecule has 2 fully saturated rings. The summed E-state index contributed by atoms with van der Waals surface area (Å²) in [5, 5.41) is 7.98. The summed E-state index contributed by atoms with van der Waals surface area (Å²) in [5.74, 6) is 0. The van der Waals surface area contributed by atoms with E-state index in [1.54, 1.807) is 0 Å². The predicted molar refractivity (Wildman–Crippen MR) is 76.4 cm³/mol. The first-order chi connectivity index (χ1) is 9.21. The van der Waals surface area contributed by atoms with Gasteiger partial charge < -0.3 is 10.1 Å². The van der Waals surface area contributed by atoms with Crippen molar-refractivity contribution in [3.63, 3.8) is 0 Å². The Bertz CT molecular complexity index is 435. The molecule has 19 heavy (non-hydrogen) atoms. The van der Waals surface area contributed by atoms with E-state index < -0.39 is 0 Å². The molecular weight excluding hydrogens is 238 g/mol. The van der Waals surface area contributed by atoms with E-state index in [4.69, 9.17) is 4.74 Å². The minimum Gasteiger partial charge on any atom is -0.380 e. The van der Waals surface area contributed by atoms with Gasteiger partial charge in [-0.05, 0) is 32.1 Å². The highest BCUT2D eigenvalue weighted by Gasteiger charge is 2.41. The van der Waals surface area contributed by atoms with E-state index in [1.165, 1.54) is 44.2 Å². The average molecular weight is 263 g/mol. The number of ether oxygens (including phenoxy) is 1. The molecule has 1 atom stereocenters. The van der Waals surface area contributed by atoms with Gasteiger partial charge in [0, 0.05) is 19.8 Å². The Balaban J connectivity index is 1.55. The molecule has 0 bridgehead atoms. The van der Waals surface area contributed by atoms with Crippen LogP contribution in [0.5, 0.6) is 0 Å². The molecule has 1 saturated heterocycles. The molecule has 1 aliphatic carbocycles. The van der Waals surface area contributed by atoms with Crippen molar-refractivity contribution in [1.82, 2.24) is 9.78 Å². The monoisotopic (exact) mass is 263 g/mol. The van der Waals surface area contributed by atoms with Gasteiger partial charge in [0.15, 0.2) is 0 Å². The number of anilines is 1. The maximum absolute atomic E-state index is 6.32. The Hall–Kier alpha value is -1.03. The molecule has 0 radical (unpaired) electrons. The predicted octanol–water partition coefficient (Wildman–Crippen LogP) is 2.89. The van der Waals surface area contributed by atoms with Gasteiger partial charge in [-0.2, -0.15) is 5.10 Å². The number of aryl methyl sites for hydroxylation is 2. The third-order valence-corrected chi connectivity index (χ3v) is 4.61. The maximum Gasteiger partial charge on any atom is 0.0853 e. The zero-order valence-electron chi connectivity index (χ0n) is 12.1. The molecular formula is C15H25N3O. The molecule has 1 aromatic heterocycles. The van der Waals surface area contributed by atoms with Crippen molar-refractivity contribution in [3.8, 4) is 0 Å². The molecule has 2 aliphatic rings. The fraction of sp³-hybridized carbons (Fsp3) is 0.800. The molecule has 1 spiro atoms. The Morgan fingerprint density at radius 2 is 2.21 bits per heavy atom. The number of hydrogen-bond acceptors (Lipinski definition) is 3. The minimum absolute atomic E-state index is 0.245. The summed E-state index contributed by atoms with van der Waals surface area (Å²) in [7, 11) is 1.98. The standard InChI is InChI=1S/C15H25N3O/c1-3-13-14(11-18(2)17-13)16-10-12-6-9-15(19-12)7-4-5-8-15/h11-12,16H,3-10H2,1-2H3. The lowest BCUT2D eigenvalue weighted by Crippen LogP contribution is -2.28. The van der Waals surface area contributed by atoms with Crippen molar-refractivity contribution in [2.24, 2.45) is 7.05 Å². The van der Waals surface area contributed by atoms with Crippen LogP contribution < -0.4 is 5.32 Å². The lowest BCUT2D eigenvalue weighted by Gasteiger charge is -2.24. The first kappa shape index (κ1) is 13.0. The molecule has 0 aromatic carbocycles. The van der Waals surface area contributed by atoms with Crippen LogP contribution in [0.2, 0.25) is 0 Å². The number of nitrogens with zero attached hydrogens (tertiary/aromatic N) is 2. The maximum atomic E-state index is 6.32. The van der Waals surface area contributed by atoms with Crippen molar-refractivity contribution in [2.75, 3.05) is 11.9 Å². The highest BCUT2D eigenvalue weighted by Crippen LogP contribution is 2.43. The van der Waals surface area contributed by atoms with E-state index in [1.807, 2.05) is 11.7 Å². The summed E-state index contributed by atoms with van der Waals surface area (Å²) < 4.78 is 8.21. The minimum atomic E-state index is 0.245. The second kappa shape index (κ2) is 5.16. The quantitative estimate of drug-likeness (QED) is 0.908. The normalized spacial score (nSPS) is 25.3. The van der Waals surface area contributed by atoms with Crippen LogP contribution in [0.1, 0.15) is 51.1 Å². The highest BCUT2D eigenvalue weighted by atomic mass is 16.5. The molecule has 1 unspecified atom stereocenters. The van der Waals surface area contributed by atoms with Crippen molar-refractivity contribution in [1.29, 1.82) is 0 Å². The molecule has 106 valence electrons. The SMILES string of the molecule is CCc1nn(C)cc1NCC1CCC2(CCCC2)O1. The van der Waals surface area contributed by atoms with Crippen LogP contribution >= 0.6 is 0 Å². The van der Waals surface area contributed by atoms with Crippen molar-refractivity contribution in [3.05, 3.63) is 11.9 Å². The van der Waals surface area contributed by atoms with Crippen LogP contribution in [0.25, 0.3) is 0 Å². The second-order valence-corrected chi connectivity index (χ2v) is 6.07. The van der Waals surface area contributed by atoms with Crippen LogP contribution in [0, 0.1) is 0 Å². The van der Waals surface area contributed by atoms with Crippen LogP contribution in [0.3, 0.4) is 0 Å². The molecule has 2 heterocycles. The second-order valence-electron chi connectivity index (χ2n) is 6.07. The van der Waals surface area contributed by atoms with Gasteiger partial charge in [0.2, 0.25) is 0 Å². The summed E-state index contributed by atoms with van der Waals surface area (Å²) in [6.45, 7) is 3.06. The van der Waals surface area contributed by atoms with Gasteiger partial charge in [0.25, 0.3) is 0 Å². The van der Waals surface area contributed by atoms with Crippen molar-refractivity contribution >= 4 is 5.69 Å². The van der Waals surface area contributed by atoms with Gasteiger partial charge in [0.1, 0.15) is 0 Å². The summed E-state index contributed by atoms with van der Waals surface area (Å²) in [5.41, 5.74) is 2.56. The number of aromatic nitrogens is 2. The van der Waals surface area contributed by atoms with Crippen molar-refractivity contribution < 1.29 is 4.74 Å². The largest absolute Gasteiger partial charge is 0.380 e. The van der Waals surface area contributed by atoms with Gasteiger partial charge in [-0.1, -0.05) is 19.8 Å². The third-order valence-electron chi connectivity index (χ3n) is 4.61. The van der Waals surface area contributed by atoms with E-state index in [0.29, 0.717) is 6.10 Å². The van der Waals surface area contributed by atoms with Crippen LogP contribution in [0.15, 0.2) is 6.20 Å². The molecule has 3 rings (SSSR count). The van der Waals surface area contributed by atoms with Crippen LogP contribution in [-0.4, -0.2) is 28.0 Å². The number of rotatable bonds is 4. The molecule has 4 heteroatoms. The molecule has 1 N–H and O–H groups in total. The van der Waals surface area contributed by atoms with Crippen LogP contribution in [0.4, 0.5) is 5.69 Å². The third kappa shape index (κ3) is 2.64. The van der Waals surface area contributed by atoms with E-state index >= 15 is 0 Å². The number of nitrogens with one attached hydrogen (secondary N) is 1. The molecule has 4 nitrogen and oxygen atoms in total. The first-order valence-electron chi connectivity index (χ1n) is 7.65. The fourth-order valence-corrected chi connectivity index (χ4v) is 3.59. The molecule has 0 amide bonds. The van der Waals surface area contributed by atoms with Gasteiger partial charge >= 0.3 is 0 Å². The van der Waals surface area contributed by atoms with Gasteiger partial charge in [-0.15, -0.1) is 0 Å². The first-order valence-corrected chi connectivity index (χ1v) is 7.65. The van der Waals surface area contributed by atoms with Crippen molar-refractivity contribution in [2.45, 2.75) is 63.6 Å². The Labute approximate surface area is 115 Å². The summed E-state index contributed by atoms with van der Waals surface area (Å²) in [6.07, 6.45) is 11.1. The van der Waals surface area contributed by atoms with Gasteiger partial charge in [-0.3, -0.25) is 4.68 Å². The van der Waals surface area contributed by atoms with E-state index in [0.717, 1.165) is 18.7 Å². The topological polar surface area (TPSA) is 39.1 Å². The summed E-state index contributed by atoms with van der Waals surface area (Å²) in [4.78, 5) is 0. The lowest BCUT2D eigenvalue weighted by atomic mass is 9.98. The van der Waals surface area contributed by atoms with E-state index in [9.17, 15) is 0 Å². The molecule has 1 saturated carbocycles. The summed E-state index contributed by atoms with van der Waals surface area (Å²) in [6, 6.07) is 0. The Morgan fingerprint density at radius 3 is 2.95 bits per heavy atom. The van der Waals surface area contributed by atoms with E-state index in [2.05, 4.69) is 23.5 Å². The zero-order chi connectivity index (χ0) is 13.3. The summed E-state index contributed by atoms with van der Waals surface area (Å²) >= 11 is 0. The molecule has 1 aliphatic heterocycles. The lowest BCUT2D eigenvalue weighted by molar-refractivity contribution is -0.0307. The average Bonchev–Trinajstić information content (AvgIpc) is 3.10. The Morgan fingerprint density at radius 1 is 1.42 bits per heavy atom.